The fourth-order valence-electron chi connectivity index (χ4n) is 4.57. The number of carbonyl (C=O) groups is 1. The van der Waals surface area contributed by atoms with Gasteiger partial charge >= 0.3 is 0 Å². The number of rotatable bonds is 6. The van der Waals surface area contributed by atoms with Crippen molar-refractivity contribution in [2.75, 3.05) is 0 Å². The summed E-state index contributed by atoms with van der Waals surface area (Å²) < 4.78 is 0. The summed E-state index contributed by atoms with van der Waals surface area (Å²) in [6.07, 6.45) is 7.95. The van der Waals surface area contributed by atoms with E-state index in [0.29, 0.717) is 12.8 Å². The lowest BCUT2D eigenvalue weighted by Crippen LogP contribution is -2.29. The van der Waals surface area contributed by atoms with Crippen LogP contribution in [0.2, 0.25) is 0 Å². The van der Waals surface area contributed by atoms with Crippen LogP contribution in [-0.4, -0.2) is 11.4 Å². The van der Waals surface area contributed by atoms with Crippen molar-refractivity contribution in [2.45, 2.75) is 72.1 Å². The van der Waals surface area contributed by atoms with Gasteiger partial charge in [0.05, 0.1) is 5.76 Å². The van der Waals surface area contributed by atoms with Gasteiger partial charge in [-0.3, -0.25) is 0 Å². The Labute approximate surface area is 193 Å². The fourth-order valence-corrected chi connectivity index (χ4v) is 4.57. The van der Waals surface area contributed by atoms with E-state index in [-0.39, 0.29) is 16.6 Å². The fraction of sp³-hybridized carbons (Fsp3) is 0.367. The highest BCUT2D eigenvalue weighted by atomic mass is 16.3. The number of benzene rings is 2. The van der Waals surface area contributed by atoms with Gasteiger partial charge < -0.3 is 9.90 Å². The molecule has 2 nitrogen and oxygen atoms in total. The topological polar surface area (TPSA) is 37.3 Å². The number of hydrogen-bond donors (Lipinski definition) is 1. The van der Waals surface area contributed by atoms with Crippen molar-refractivity contribution >= 4 is 17.9 Å². The van der Waals surface area contributed by atoms with Crippen LogP contribution in [0.5, 0.6) is 0 Å². The molecule has 168 valence electrons. The highest BCUT2D eigenvalue weighted by Crippen LogP contribution is 2.44. The van der Waals surface area contributed by atoms with Crippen LogP contribution >= 0.6 is 0 Å². The molecule has 0 saturated carbocycles. The number of aryl methyl sites for hydroxylation is 1. The number of carbonyl (C=O) groups excluding carboxylic acids is 1. The molecule has 1 aliphatic carbocycles. The normalized spacial score (nSPS) is 16.4. The predicted molar refractivity (Wildman–Crippen MR) is 136 cm³/mol. The second kappa shape index (κ2) is 8.94. The Kier molecular flexibility index (Phi) is 6.64. The molecule has 2 aromatic carbocycles. The molecule has 3 rings (SSSR count). The van der Waals surface area contributed by atoms with Gasteiger partial charge in [0, 0.05) is 23.7 Å². The third-order valence-corrected chi connectivity index (χ3v) is 6.49. The third-order valence-electron chi connectivity index (χ3n) is 6.49. The molecule has 0 heterocycles. The number of aliphatic hydroxyl groups is 1. The molecule has 0 radical (unpaired) electrons. The smallest absolute Gasteiger partial charge is 0.120 e. The quantitative estimate of drug-likeness (QED) is 0.289. The van der Waals surface area contributed by atoms with E-state index in [1.54, 1.807) is 6.08 Å². The molecular weight excluding hydrogens is 392 g/mol. The summed E-state index contributed by atoms with van der Waals surface area (Å²) in [5.74, 6) is 0.232. The first-order valence-electron chi connectivity index (χ1n) is 11.4. The highest BCUT2D eigenvalue weighted by molar-refractivity contribution is 5.84. The summed E-state index contributed by atoms with van der Waals surface area (Å²) in [4.78, 5) is 10.5. The van der Waals surface area contributed by atoms with Crippen LogP contribution in [0.3, 0.4) is 0 Å². The van der Waals surface area contributed by atoms with Crippen LogP contribution < -0.4 is 0 Å². The predicted octanol–water partition coefficient (Wildman–Crippen LogP) is 7.84. The van der Waals surface area contributed by atoms with Crippen LogP contribution in [0, 0.1) is 6.92 Å². The van der Waals surface area contributed by atoms with E-state index in [2.05, 4.69) is 84.9 Å². The van der Waals surface area contributed by atoms with Crippen molar-refractivity contribution in [3.05, 3.63) is 93.3 Å². The SMILES string of the molecule is CC(C)=C(c1ccc(/C=C(\O)CCC=O)cc1)c1cc2c(cc1C)C(C)(C)C=CC2(C)C. The van der Waals surface area contributed by atoms with E-state index < -0.39 is 0 Å². The summed E-state index contributed by atoms with van der Waals surface area (Å²) in [5, 5.41) is 10.0. The molecule has 32 heavy (non-hydrogen) atoms. The standard InChI is InChI=1S/C30H36O2/c1-20(2)28(23-12-10-22(11-13-23)18-24(32)9-8-16-31)25-19-27-26(17-21(25)3)29(4,5)14-15-30(27,6)7/h10-19,32H,8-9H2,1-7H3/b24-18-. The molecule has 0 saturated heterocycles. The Morgan fingerprint density at radius 1 is 0.938 bits per heavy atom. The Bertz CT molecular complexity index is 1100. The first-order chi connectivity index (χ1) is 15.0. The Balaban J connectivity index is 2.07. The van der Waals surface area contributed by atoms with Gasteiger partial charge in [0.25, 0.3) is 0 Å². The third kappa shape index (κ3) is 4.80. The van der Waals surface area contributed by atoms with Gasteiger partial charge in [0.15, 0.2) is 0 Å². The first-order valence-corrected chi connectivity index (χ1v) is 11.4. The molecule has 2 aromatic rings. The molecule has 2 heteroatoms. The maximum atomic E-state index is 10.5. The van der Waals surface area contributed by atoms with E-state index in [0.717, 1.165) is 11.8 Å². The van der Waals surface area contributed by atoms with Crippen molar-refractivity contribution in [1.82, 2.24) is 0 Å². The van der Waals surface area contributed by atoms with Gasteiger partial charge in [-0.1, -0.05) is 75.8 Å². The first kappa shape index (κ1) is 23.8. The number of aldehydes is 1. The molecule has 0 unspecified atom stereocenters. The Morgan fingerprint density at radius 3 is 2.03 bits per heavy atom. The number of allylic oxidation sites excluding steroid dienone is 4. The lowest BCUT2D eigenvalue weighted by atomic mass is 9.66. The minimum atomic E-state index is -0.00619. The minimum absolute atomic E-state index is 0.00619. The second-order valence-electron chi connectivity index (χ2n) is 10.3. The van der Waals surface area contributed by atoms with E-state index in [1.165, 1.54) is 39.0 Å². The van der Waals surface area contributed by atoms with Crippen molar-refractivity contribution in [1.29, 1.82) is 0 Å². The van der Waals surface area contributed by atoms with E-state index in [1.807, 2.05) is 12.1 Å². The van der Waals surface area contributed by atoms with Crippen LogP contribution in [0.4, 0.5) is 0 Å². The van der Waals surface area contributed by atoms with Crippen LogP contribution in [0.15, 0.2) is 59.9 Å². The summed E-state index contributed by atoms with van der Waals surface area (Å²) in [7, 11) is 0. The molecule has 0 aromatic heterocycles. The van der Waals surface area contributed by atoms with Crippen molar-refractivity contribution < 1.29 is 9.90 Å². The van der Waals surface area contributed by atoms with Gasteiger partial charge in [0.1, 0.15) is 6.29 Å². The second-order valence-corrected chi connectivity index (χ2v) is 10.3. The summed E-state index contributed by atoms with van der Waals surface area (Å²) >= 11 is 0. The minimum Gasteiger partial charge on any atom is -0.512 e. The summed E-state index contributed by atoms with van der Waals surface area (Å²) in [6.45, 7) is 15.7. The molecular formula is C30H36O2. The van der Waals surface area contributed by atoms with Gasteiger partial charge in [-0.25, -0.2) is 0 Å². The molecule has 0 atom stereocenters. The molecule has 1 aliphatic rings. The lowest BCUT2D eigenvalue weighted by molar-refractivity contribution is -0.107. The van der Waals surface area contributed by atoms with E-state index >= 15 is 0 Å². The Morgan fingerprint density at radius 2 is 1.50 bits per heavy atom. The molecule has 0 aliphatic heterocycles. The van der Waals surface area contributed by atoms with Crippen LogP contribution in [0.25, 0.3) is 11.6 Å². The van der Waals surface area contributed by atoms with Crippen molar-refractivity contribution in [2.24, 2.45) is 0 Å². The number of hydrogen-bond acceptors (Lipinski definition) is 2. The monoisotopic (exact) mass is 428 g/mol. The number of fused-ring (bicyclic) bond motifs is 1. The summed E-state index contributed by atoms with van der Waals surface area (Å²) in [6, 6.07) is 13.1. The molecule has 0 bridgehead atoms. The molecule has 0 spiro atoms. The summed E-state index contributed by atoms with van der Waals surface area (Å²) in [5.41, 5.74) is 10.0. The maximum Gasteiger partial charge on any atom is 0.120 e. The van der Waals surface area contributed by atoms with Gasteiger partial charge in [0.2, 0.25) is 0 Å². The largest absolute Gasteiger partial charge is 0.512 e. The average molecular weight is 429 g/mol. The van der Waals surface area contributed by atoms with Gasteiger partial charge in [-0.15, -0.1) is 0 Å². The maximum absolute atomic E-state index is 10.5. The molecule has 1 N–H and O–H groups in total. The van der Waals surface area contributed by atoms with Gasteiger partial charge in [-0.05, 0) is 71.9 Å². The van der Waals surface area contributed by atoms with Crippen molar-refractivity contribution in [3.63, 3.8) is 0 Å². The van der Waals surface area contributed by atoms with Crippen LogP contribution in [0.1, 0.15) is 87.8 Å². The van der Waals surface area contributed by atoms with E-state index in [4.69, 9.17) is 0 Å². The molecule has 0 fully saturated rings. The zero-order valence-electron chi connectivity index (χ0n) is 20.5. The van der Waals surface area contributed by atoms with Crippen molar-refractivity contribution in [3.8, 4) is 0 Å². The number of aliphatic hydroxyl groups excluding tert-OH is 1. The van der Waals surface area contributed by atoms with Crippen LogP contribution in [-0.2, 0) is 15.6 Å². The van der Waals surface area contributed by atoms with Gasteiger partial charge in [-0.2, -0.15) is 0 Å². The average Bonchev–Trinajstić information content (AvgIpc) is 2.72. The Hall–Kier alpha value is -2.87. The van der Waals surface area contributed by atoms with E-state index in [9.17, 15) is 9.90 Å². The molecule has 0 amide bonds. The zero-order valence-corrected chi connectivity index (χ0v) is 20.5. The lowest BCUT2D eigenvalue weighted by Gasteiger charge is -2.37. The zero-order chi connectivity index (χ0) is 23.7. The highest BCUT2D eigenvalue weighted by Gasteiger charge is 2.33.